The number of hydrogen-bond donors (Lipinski definition) is 2. The van der Waals surface area contributed by atoms with Gasteiger partial charge >= 0.3 is 5.97 Å². The van der Waals surface area contributed by atoms with E-state index in [1.807, 2.05) is 19.1 Å². The molecular weight excluding hydrogens is 416 g/mol. The second kappa shape index (κ2) is 7.55. The molecule has 0 unspecified atom stereocenters. The predicted molar refractivity (Wildman–Crippen MR) is 130 cm³/mol. The van der Waals surface area contributed by atoms with Gasteiger partial charge < -0.3 is 19.4 Å². The van der Waals surface area contributed by atoms with Crippen molar-refractivity contribution in [2.75, 3.05) is 7.11 Å². The molecule has 0 aliphatic heterocycles. The number of esters is 1. The maximum atomic E-state index is 11.8. The number of phenols is 2. The molecule has 5 aromatic rings. The maximum absolute atomic E-state index is 11.8. The number of phenolic OH excluding ortho intramolecular Hbond substituents is 2. The Balaban J connectivity index is 1.83. The molecule has 4 aromatic carbocycles. The Bertz CT molecular complexity index is 1570. The molecule has 0 aliphatic carbocycles. The molecule has 1 heterocycles. The molecular formula is C28H24O5. The predicted octanol–water partition coefficient (Wildman–Crippen LogP) is 6.78. The molecule has 0 fully saturated rings. The quantitative estimate of drug-likeness (QED) is 0.184. The normalized spacial score (nSPS) is 11.5. The van der Waals surface area contributed by atoms with Crippen LogP contribution in [0.2, 0.25) is 0 Å². The number of fused-ring (bicyclic) bond motifs is 5. The van der Waals surface area contributed by atoms with E-state index in [0.717, 1.165) is 39.3 Å². The van der Waals surface area contributed by atoms with Crippen LogP contribution in [0.15, 0.2) is 52.9 Å². The molecule has 0 saturated carbocycles. The van der Waals surface area contributed by atoms with Crippen molar-refractivity contribution in [2.45, 2.75) is 27.2 Å². The van der Waals surface area contributed by atoms with Gasteiger partial charge in [-0.1, -0.05) is 37.3 Å². The van der Waals surface area contributed by atoms with Crippen LogP contribution >= 0.6 is 0 Å². The molecule has 5 rings (SSSR count). The van der Waals surface area contributed by atoms with E-state index in [2.05, 4.69) is 26.0 Å². The summed E-state index contributed by atoms with van der Waals surface area (Å²) in [6.45, 7) is 5.99. The van der Waals surface area contributed by atoms with Crippen molar-refractivity contribution in [3.8, 4) is 22.8 Å². The van der Waals surface area contributed by atoms with Gasteiger partial charge in [-0.3, -0.25) is 0 Å². The Morgan fingerprint density at radius 2 is 1.58 bits per heavy atom. The highest BCUT2D eigenvalue weighted by Gasteiger charge is 2.23. The number of ether oxygens (including phenoxy) is 1. The zero-order valence-electron chi connectivity index (χ0n) is 18.9. The minimum atomic E-state index is -0.412. The van der Waals surface area contributed by atoms with E-state index in [4.69, 9.17) is 9.15 Å². The zero-order chi connectivity index (χ0) is 23.4. The third-order valence-electron chi connectivity index (χ3n) is 6.47. The summed E-state index contributed by atoms with van der Waals surface area (Å²) < 4.78 is 11.1. The van der Waals surface area contributed by atoms with Crippen LogP contribution in [0.4, 0.5) is 0 Å². The number of aromatic hydroxyl groups is 2. The second-order valence-corrected chi connectivity index (χ2v) is 8.38. The van der Waals surface area contributed by atoms with Gasteiger partial charge in [0.05, 0.1) is 18.1 Å². The fraction of sp³-hybridized carbons (Fsp3) is 0.179. The Morgan fingerprint density at radius 1 is 0.909 bits per heavy atom. The monoisotopic (exact) mass is 440 g/mol. The SMILES string of the molecule is CCc1cc(C)c2ccc3c4oc(-c5ccc(C(=O)OC)cc5)c(C)c4c(O)c(O)c3c2c1. The zero-order valence-corrected chi connectivity index (χ0v) is 18.9. The first-order valence-corrected chi connectivity index (χ1v) is 10.9. The lowest BCUT2D eigenvalue weighted by Crippen LogP contribution is -2.00. The number of carbonyl (C=O) groups excluding carboxylic acids is 1. The summed E-state index contributed by atoms with van der Waals surface area (Å²) >= 11 is 0. The number of hydrogen-bond acceptors (Lipinski definition) is 5. The van der Waals surface area contributed by atoms with Gasteiger partial charge in [0, 0.05) is 21.9 Å². The highest BCUT2D eigenvalue weighted by Crippen LogP contribution is 2.49. The van der Waals surface area contributed by atoms with Gasteiger partial charge in [0.1, 0.15) is 11.3 Å². The first-order chi connectivity index (χ1) is 15.8. The van der Waals surface area contributed by atoms with Crippen LogP contribution in [0.5, 0.6) is 11.5 Å². The molecule has 166 valence electrons. The van der Waals surface area contributed by atoms with Crippen LogP contribution in [0.1, 0.15) is 34.0 Å². The number of carbonyl (C=O) groups is 1. The summed E-state index contributed by atoms with van der Waals surface area (Å²) in [6, 6.07) is 15.1. The average Bonchev–Trinajstić information content (AvgIpc) is 3.18. The standard InChI is InChI=1S/C28H24O5/c1-5-16-12-14(2)19-10-11-20-23(21(19)13-16)25(30)24(29)22-15(3)26(33-27(20)22)17-6-8-18(9-7-17)28(31)32-4/h6-13,29-30H,5H2,1-4H3. The molecule has 2 N–H and O–H groups in total. The van der Waals surface area contributed by atoms with Gasteiger partial charge in [0.2, 0.25) is 0 Å². The van der Waals surface area contributed by atoms with E-state index in [9.17, 15) is 15.0 Å². The molecule has 5 heteroatoms. The highest BCUT2D eigenvalue weighted by molar-refractivity contribution is 6.22. The van der Waals surface area contributed by atoms with Crippen molar-refractivity contribution < 1.29 is 24.2 Å². The lowest BCUT2D eigenvalue weighted by molar-refractivity contribution is 0.0600. The van der Waals surface area contributed by atoms with Gasteiger partial charge in [-0.2, -0.15) is 0 Å². The molecule has 0 aliphatic rings. The highest BCUT2D eigenvalue weighted by atomic mass is 16.5. The van der Waals surface area contributed by atoms with E-state index in [1.54, 1.807) is 24.3 Å². The number of benzene rings is 4. The van der Waals surface area contributed by atoms with Crippen molar-refractivity contribution >= 4 is 38.5 Å². The molecule has 0 radical (unpaired) electrons. The van der Waals surface area contributed by atoms with Gasteiger partial charge in [-0.25, -0.2) is 4.79 Å². The summed E-state index contributed by atoms with van der Waals surface area (Å²) in [7, 11) is 1.34. The van der Waals surface area contributed by atoms with Gasteiger partial charge in [-0.15, -0.1) is 0 Å². The Hall–Kier alpha value is -3.99. The lowest BCUT2D eigenvalue weighted by atomic mass is 9.93. The van der Waals surface area contributed by atoms with Crippen molar-refractivity contribution in [1.82, 2.24) is 0 Å². The molecule has 0 amide bonds. The molecule has 1 aromatic heterocycles. The Morgan fingerprint density at radius 3 is 2.24 bits per heavy atom. The van der Waals surface area contributed by atoms with Crippen LogP contribution < -0.4 is 0 Å². The summed E-state index contributed by atoms with van der Waals surface area (Å²) in [5, 5.41) is 25.8. The van der Waals surface area contributed by atoms with Crippen LogP contribution in [0.25, 0.3) is 43.8 Å². The number of methoxy groups -OCH3 is 1. The van der Waals surface area contributed by atoms with Gasteiger partial charge in [0.15, 0.2) is 11.5 Å². The smallest absolute Gasteiger partial charge is 0.337 e. The van der Waals surface area contributed by atoms with E-state index < -0.39 is 5.97 Å². The first-order valence-electron chi connectivity index (χ1n) is 10.9. The first kappa shape index (κ1) is 20.9. The van der Waals surface area contributed by atoms with Gasteiger partial charge in [0.25, 0.3) is 0 Å². The fourth-order valence-corrected chi connectivity index (χ4v) is 4.72. The topological polar surface area (TPSA) is 79.9 Å². The van der Waals surface area contributed by atoms with Crippen LogP contribution in [-0.2, 0) is 11.2 Å². The average molecular weight is 440 g/mol. The van der Waals surface area contributed by atoms with Crippen molar-refractivity contribution in [1.29, 1.82) is 0 Å². The largest absolute Gasteiger partial charge is 0.504 e. The summed E-state index contributed by atoms with van der Waals surface area (Å²) in [4.78, 5) is 11.8. The van der Waals surface area contributed by atoms with Crippen LogP contribution in [0, 0.1) is 13.8 Å². The van der Waals surface area contributed by atoms with Crippen molar-refractivity contribution in [3.63, 3.8) is 0 Å². The minimum Gasteiger partial charge on any atom is -0.504 e. The molecule has 0 saturated heterocycles. The number of rotatable bonds is 3. The van der Waals surface area contributed by atoms with E-state index >= 15 is 0 Å². The van der Waals surface area contributed by atoms with Gasteiger partial charge in [-0.05, 0) is 60.4 Å². The summed E-state index contributed by atoms with van der Waals surface area (Å²) in [5.74, 6) is -0.178. The summed E-state index contributed by atoms with van der Waals surface area (Å²) in [5.41, 5.74) is 4.71. The summed E-state index contributed by atoms with van der Waals surface area (Å²) in [6.07, 6.45) is 0.869. The molecule has 0 atom stereocenters. The number of aryl methyl sites for hydroxylation is 3. The maximum Gasteiger partial charge on any atom is 0.337 e. The van der Waals surface area contributed by atoms with Crippen LogP contribution in [-0.4, -0.2) is 23.3 Å². The molecule has 33 heavy (non-hydrogen) atoms. The Labute approximate surface area is 190 Å². The molecule has 0 bridgehead atoms. The third kappa shape index (κ3) is 3.04. The van der Waals surface area contributed by atoms with E-state index in [-0.39, 0.29) is 11.5 Å². The van der Waals surface area contributed by atoms with Crippen LogP contribution in [0.3, 0.4) is 0 Å². The number of furan rings is 1. The Kier molecular flexibility index (Phi) is 4.78. The van der Waals surface area contributed by atoms with Crippen molar-refractivity contribution in [3.05, 3.63) is 70.8 Å². The second-order valence-electron chi connectivity index (χ2n) is 8.38. The lowest BCUT2D eigenvalue weighted by Gasteiger charge is -2.12. The molecule has 5 nitrogen and oxygen atoms in total. The minimum absolute atomic E-state index is 0.146. The van der Waals surface area contributed by atoms with Crippen molar-refractivity contribution in [2.24, 2.45) is 0 Å². The van der Waals surface area contributed by atoms with E-state index in [1.165, 1.54) is 7.11 Å². The molecule has 0 spiro atoms. The third-order valence-corrected chi connectivity index (χ3v) is 6.47. The van der Waals surface area contributed by atoms with E-state index in [0.29, 0.717) is 33.2 Å². The fourth-order valence-electron chi connectivity index (χ4n) is 4.72.